The lowest BCUT2D eigenvalue weighted by molar-refractivity contribution is -0.132. The lowest BCUT2D eigenvalue weighted by atomic mass is 10.1. The average Bonchev–Trinajstić information content (AvgIpc) is 3.07. The number of aromatic nitrogens is 1. The molecule has 7 heteroatoms. The van der Waals surface area contributed by atoms with E-state index in [1.54, 1.807) is 17.4 Å². The van der Waals surface area contributed by atoms with Gasteiger partial charge >= 0.3 is 0 Å². The SMILES string of the molecule is Cc1nc(C=CC(=O)Nc2ccc(CC(=O)N3CCN(C)CC3)cc2)cs1. The number of benzene rings is 1. The molecule has 0 radical (unpaired) electrons. The quantitative estimate of drug-likeness (QED) is 0.804. The highest BCUT2D eigenvalue weighted by Gasteiger charge is 2.18. The highest BCUT2D eigenvalue weighted by atomic mass is 32.1. The van der Waals surface area contributed by atoms with Gasteiger partial charge in [-0.1, -0.05) is 12.1 Å². The summed E-state index contributed by atoms with van der Waals surface area (Å²) in [4.78, 5) is 32.8. The van der Waals surface area contributed by atoms with Crippen LogP contribution in [0.5, 0.6) is 0 Å². The molecule has 0 saturated carbocycles. The summed E-state index contributed by atoms with van der Waals surface area (Å²) in [5, 5.41) is 5.69. The van der Waals surface area contributed by atoms with E-state index >= 15 is 0 Å². The van der Waals surface area contributed by atoms with Crippen LogP contribution in [0.15, 0.2) is 35.7 Å². The average molecular weight is 385 g/mol. The van der Waals surface area contributed by atoms with Crippen LogP contribution in [0.25, 0.3) is 6.08 Å². The van der Waals surface area contributed by atoms with Crippen molar-refractivity contribution < 1.29 is 9.59 Å². The van der Waals surface area contributed by atoms with E-state index in [0.717, 1.165) is 42.4 Å². The standard InChI is InChI=1S/C20H24N4O2S/c1-15-21-18(14-27-15)7-8-19(25)22-17-5-3-16(4-6-17)13-20(26)24-11-9-23(2)10-12-24/h3-8,14H,9-13H2,1-2H3,(H,22,25). The van der Waals surface area contributed by atoms with Gasteiger partial charge in [0, 0.05) is 43.3 Å². The first kappa shape index (κ1) is 19.3. The van der Waals surface area contributed by atoms with Gasteiger partial charge in [-0.25, -0.2) is 4.98 Å². The van der Waals surface area contributed by atoms with Gasteiger partial charge in [0.2, 0.25) is 11.8 Å². The van der Waals surface area contributed by atoms with Gasteiger partial charge in [0.15, 0.2) is 0 Å². The van der Waals surface area contributed by atoms with Crippen molar-refractivity contribution in [3.8, 4) is 0 Å². The number of amides is 2. The van der Waals surface area contributed by atoms with Crippen LogP contribution in [0.2, 0.25) is 0 Å². The number of aryl methyl sites for hydroxylation is 1. The molecule has 0 aliphatic carbocycles. The molecule has 27 heavy (non-hydrogen) atoms. The minimum absolute atomic E-state index is 0.154. The van der Waals surface area contributed by atoms with Crippen LogP contribution >= 0.6 is 11.3 Å². The molecular weight excluding hydrogens is 360 g/mol. The highest BCUT2D eigenvalue weighted by Crippen LogP contribution is 2.13. The van der Waals surface area contributed by atoms with Gasteiger partial charge in [0.05, 0.1) is 17.1 Å². The number of likely N-dealkylation sites (N-methyl/N-ethyl adjacent to an activating group) is 1. The molecule has 1 aromatic carbocycles. The lowest BCUT2D eigenvalue weighted by Gasteiger charge is -2.32. The predicted molar refractivity (Wildman–Crippen MR) is 109 cm³/mol. The number of nitrogens with zero attached hydrogens (tertiary/aromatic N) is 3. The van der Waals surface area contributed by atoms with Crippen molar-refractivity contribution >= 4 is 34.9 Å². The monoisotopic (exact) mass is 384 g/mol. The van der Waals surface area contributed by atoms with Crippen molar-refractivity contribution in [3.05, 3.63) is 52.0 Å². The summed E-state index contributed by atoms with van der Waals surface area (Å²) in [7, 11) is 2.07. The van der Waals surface area contributed by atoms with Crippen LogP contribution < -0.4 is 5.32 Å². The van der Waals surface area contributed by atoms with Crippen LogP contribution in [0, 0.1) is 6.92 Å². The molecule has 1 N–H and O–H groups in total. The van der Waals surface area contributed by atoms with Crippen molar-refractivity contribution in [2.75, 3.05) is 38.5 Å². The molecule has 6 nitrogen and oxygen atoms in total. The van der Waals surface area contributed by atoms with Gasteiger partial charge in [-0.2, -0.15) is 0 Å². The van der Waals surface area contributed by atoms with Crippen molar-refractivity contribution in [3.63, 3.8) is 0 Å². The second-order valence-electron chi connectivity index (χ2n) is 6.67. The number of rotatable bonds is 5. The van der Waals surface area contributed by atoms with E-state index in [-0.39, 0.29) is 11.8 Å². The fourth-order valence-electron chi connectivity index (χ4n) is 2.85. The van der Waals surface area contributed by atoms with Gasteiger partial charge in [-0.15, -0.1) is 11.3 Å². The molecular formula is C20H24N4O2S. The molecule has 3 rings (SSSR count). The molecule has 1 aliphatic rings. The first-order chi connectivity index (χ1) is 13.0. The predicted octanol–water partition coefficient (Wildman–Crippen LogP) is 2.42. The number of hydrogen-bond donors (Lipinski definition) is 1. The van der Waals surface area contributed by atoms with Gasteiger partial charge in [0.25, 0.3) is 0 Å². The van der Waals surface area contributed by atoms with Crippen molar-refractivity contribution in [2.45, 2.75) is 13.3 Å². The van der Waals surface area contributed by atoms with Crippen LogP contribution in [-0.4, -0.2) is 59.8 Å². The van der Waals surface area contributed by atoms with Crippen molar-refractivity contribution in [2.24, 2.45) is 0 Å². The molecule has 2 amide bonds. The molecule has 2 aromatic rings. The smallest absolute Gasteiger partial charge is 0.248 e. The summed E-state index contributed by atoms with van der Waals surface area (Å²) >= 11 is 1.55. The maximum atomic E-state index is 12.4. The topological polar surface area (TPSA) is 65.5 Å². The van der Waals surface area contributed by atoms with Gasteiger partial charge < -0.3 is 15.1 Å². The van der Waals surface area contributed by atoms with Crippen LogP contribution in [-0.2, 0) is 16.0 Å². The fourth-order valence-corrected chi connectivity index (χ4v) is 3.43. The molecule has 1 aliphatic heterocycles. The molecule has 1 aromatic heterocycles. The molecule has 0 atom stereocenters. The Morgan fingerprint density at radius 2 is 1.89 bits per heavy atom. The fraction of sp³-hybridized carbons (Fsp3) is 0.350. The Labute approximate surface area is 163 Å². The number of piperazine rings is 1. The zero-order valence-electron chi connectivity index (χ0n) is 15.6. The lowest BCUT2D eigenvalue weighted by Crippen LogP contribution is -2.47. The number of nitrogens with one attached hydrogen (secondary N) is 1. The largest absolute Gasteiger partial charge is 0.340 e. The summed E-state index contributed by atoms with van der Waals surface area (Å²) in [6, 6.07) is 7.42. The van der Waals surface area contributed by atoms with E-state index in [9.17, 15) is 9.59 Å². The number of carbonyl (C=O) groups excluding carboxylic acids is 2. The third-order valence-electron chi connectivity index (χ3n) is 4.48. The first-order valence-corrected chi connectivity index (χ1v) is 9.84. The molecule has 0 bridgehead atoms. The van der Waals surface area contributed by atoms with Crippen molar-refractivity contribution in [1.29, 1.82) is 0 Å². The zero-order valence-corrected chi connectivity index (χ0v) is 16.5. The first-order valence-electron chi connectivity index (χ1n) is 8.96. The summed E-state index contributed by atoms with van der Waals surface area (Å²) in [5.41, 5.74) is 2.44. The van der Waals surface area contributed by atoms with E-state index in [1.165, 1.54) is 6.08 Å². The molecule has 0 spiro atoms. The molecule has 1 fully saturated rings. The zero-order chi connectivity index (χ0) is 19.2. The highest BCUT2D eigenvalue weighted by molar-refractivity contribution is 7.09. The molecule has 142 valence electrons. The third kappa shape index (κ3) is 5.74. The van der Waals surface area contributed by atoms with Gasteiger partial charge in [-0.3, -0.25) is 9.59 Å². The Balaban J connectivity index is 1.50. The molecule has 0 unspecified atom stereocenters. The second kappa shape index (κ2) is 8.92. The minimum atomic E-state index is -0.207. The van der Waals surface area contributed by atoms with E-state index in [2.05, 4.69) is 22.2 Å². The normalized spacial score (nSPS) is 15.3. The van der Waals surface area contributed by atoms with E-state index in [0.29, 0.717) is 12.1 Å². The van der Waals surface area contributed by atoms with Gasteiger partial charge in [-0.05, 0) is 37.7 Å². The number of anilines is 1. The maximum absolute atomic E-state index is 12.4. The minimum Gasteiger partial charge on any atom is -0.340 e. The summed E-state index contributed by atoms with van der Waals surface area (Å²) in [6.07, 6.45) is 3.56. The van der Waals surface area contributed by atoms with E-state index in [1.807, 2.05) is 41.5 Å². The number of hydrogen-bond acceptors (Lipinski definition) is 5. The van der Waals surface area contributed by atoms with Crippen LogP contribution in [0.3, 0.4) is 0 Å². The Morgan fingerprint density at radius 1 is 1.19 bits per heavy atom. The van der Waals surface area contributed by atoms with Gasteiger partial charge in [0.1, 0.15) is 0 Å². The third-order valence-corrected chi connectivity index (χ3v) is 5.27. The summed E-state index contributed by atoms with van der Waals surface area (Å²) < 4.78 is 0. The Kier molecular flexibility index (Phi) is 6.36. The summed E-state index contributed by atoms with van der Waals surface area (Å²) in [5.74, 6) is -0.0525. The van der Waals surface area contributed by atoms with E-state index in [4.69, 9.17) is 0 Å². The Morgan fingerprint density at radius 3 is 2.52 bits per heavy atom. The number of thiazole rings is 1. The Bertz CT molecular complexity index is 821. The van der Waals surface area contributed by atoms with Crippen molar-refractivity contribution in [1.82, 2.24) is 14.8 Å². The number of carbonyl (C=O) groups is 2. The second-order valence-corrected chi connectivity index (χ2v) is 7.73. The molecule has 1 saturated heterocycles. The molecule has 2 heterocycles. The van der Waals surface area contributed by atoms with Crippen LogP contribution in [0.4, 0.5) is 5.69 Å². The summed E-state index contributed by atoms with van der Waals surface area (Å²) in [6.45, 7) is 5.34. The van der Waals surface area contributed by atoms with Crippen LogP contribution in [0.1, 0.15) is 16.3 Å². The maximum Gasteiger partial charge on any atom is 0.248 e. The Hall–Kier alpha value is -2.51. The van der Waals surface area contributed by atoms with E-state index < -0.39 is 0 Å².